The number of halogens is 1. The van der Waals surface area contributed by atoms with E-state index in [0.717, 1.165) is 41.1 Å². The van der Waals surface area contributed by atoms with E-state index < -0.39 is 0 Å². The topological polar surface area (TPSA) is 45.5 Å². The molecule has 1 aliphatic heterocycles. The Kier molecular flexibility index (Phi) is 4.43. The maximum Gasteiger partial charge on any atom is 0.163 e. The van der Waals surface area contributed by atoms with Crippen molar-refractivity contribution in [3.63, 3.8) is 0 Å². The molecule has 0 amide bonds. The molecule has 5 heteroatoms. The van der Waals surface area contributed by atoms with Gasteiger partial charge in [0.15, 0.2) is 5.78 Å². The van der Waals surface area contributed by atoms with E-state index in [4.69, 9.17) is 4.42 Å². The summed E-state index contributed by atoms with van der Waals surface area (Å²) < 4.78 is 19.7. The minimum absolute atomic E-state index is 0.136. The average Bonchev–Trinajstić information content (AvgIpc) is 3.20. The van der Waals surface area contributed by atoms with Gasteiger partial charge in [0, 0.05) is 24.2 Å². The van der Waals surface area contributed by atoms with Crippen LogP contribution < -0.4 is 10.2 Å². The van der Waals surface area contributed by atoms with Crippen molar-refractivity contribution >= 4 is 17.2 Å². The zero-order valence-electron chi connectivity index (χ0n) is 15.9. The van der Waals surface area contributed by atoms with Crippen molar-refractivity contribution in [2.75, 3.05) is 10.2 Å². The summed E-state index contributed by atoms with van der Waals surface area (Å²) in [5, 5.41) is 3.51. The number of furan rings is 1. The number of carbonyl (C=O) groups is 1. The highest BCUT2D eigenvalue weighted by Gasteiger charge is 2.38. The highest BCUT2D eigenvalue weighted by atomic mass is 19.1. The Bertz CT molecular complexity index is 1090. The van der Waals surface area contributed by atoms with Crippen LogP contribution in [0.5, 0.6) is 0 Å². The summed E-state index contributed by atoms with van der Waals surface area (Å²) >= 11 is 0. The molecule has 1 aromatic heterocycles. The van der Waals surface area contributed by atoms with Crippen LogP contribution in [0.2, 0.25) is 0 Å². The lowest BCUT2D eigenvalue weighted by Gasteiger charge is -2.34. The summed E-state index contributed by atoms with van der Waals surface area (Å²) in [6.45, 7) is 0.450. The molecule has 3 aromatic rings. The first-order valence-corrected chi connectivity index (χ1v) is 9.87. The van der Waals surface area contributed by atoms with E-state index in [-0.39, 0.29) is 17.6 Å². The minimum Gasteiger partial charge on any atom is -0.467 e. The smallest absolute Gasteiger partial charge is 0.163 e. The molecule has 146 valence electrons. The van der Waals surface area contributed by atoms with E-state index in [1.165, 1.54) is 12.1 Å². The number of allylic oxidation sites excluding steroid dienone is 1. The van der Waals surface area contributed by atoms with Gasteiger partial charge in [-0.1, -0.05) is 24.3 Å². The molecule has 1 atom stereocenters. The van der Waals surface area contributed by atoms with E-state index >= 15 is 0 Å². The number of para-hydroxylation sites is 2. The van der Waals surface area contributed by atoms with Gasteiger partial charge in [-0.15, -0.1) is 0 Å². The van der Waals surface area contributed by atoms with Crippen LogP contribution in [-0.4, -0.2) is 5.78 Å². The quantitative estimate of drug-likeness (QED) is 0.634. The Morgan fingerprint density at radius 2 is 1.97 bits per heavy atom. The van der Waals surface area contributed by atoms with Gasteiger partial charge in [-0.25, -0.2) is 4.39 Å². The lowest BCUT2D eigenvalue weighted by atomic mass is 9.88. The molecule has 4 nitrogen and oxygen atoms in total. The van der Waals surface area contributed by atoms with Gasteiger partial charge in [0.2, 0.25) is 0 Å². The molecule has 29 heavy (non-hydrogen) atoms. The number of rotatable bonds is 3. The Morgan fingerprint density at radius 1 is 1.07 bits per heavy atom. The summed E-state index contributed by atoms with van der Waals surface area (Å²) in [5.41, 5.74) is 4.44. The van der Waals surface area contributed by atoms with Crippen molar-refractivity contribution < 1.29 is 13.6 Å². The third kappa shape index (κ3) is 3.23. The molecule has 2 heterocycles. The molecule has 0 spiro atoms. The van der Waals surface area contributed by atoms with E-state index in [1.54, 1.807) is 12.3 Å². The zero-order chi connectivity index (χ0) is 19.8. The third-order valence-electron chi connectivity index (χ3n) is 5.59. The summed E-state index contributed by atoms with van der Waals surface area (Å²) in [6, 6.07) is 18.0. The standard InChI is InChI=1S/C24H21FN2O2/c25-17-7-3-6-16(14-17)15-27-20-10-2-1-8-18(20)26-19-9-4-11-21(28)23(19)24(27)22-12-5-13-29-22/h1-3,5-8,10,12-14,24,26H,4,9,11,15H2/t24-/m0/s1. The number of nitrogens with one attached hydrogen (secondary N) is 1. The maximum atomic E-state index is 13.9. The number of anilines is 2. The van der Waals surface area contributed by atoms with Crippen LogP contribution >= 0.6 is 0 Å². The second-order valence-electron chi connectivity index (χ2n) is 7.49. The second kappa shape index (κ2) is 7.24. The minimum atomic E-state index is -0.368. The number of hydrogen-bond donors (Lipinski definition) is 1. The summed E-state index contributed by atoms with van der Waals surface area (Å²) in [7, 11) is 0. The van der Waals surface area contributed by atoms with Gasteiger partial charge in [-0.2, -0.15) is 0 Å². The number of benzene rings is 2. The largest absolute Gasteiger partial charge is 0.467 e. The molecular formula is C24H21FN2O2. The molecule has 2 aromatic carbocycles. The predicted octanol–water partition coefficient (Wildman–Crippen LogP) is 5.60. The van der Waals surface area contributed by atoms with Crippen LogP contribution in [-0.2, 0) is 11.3 Å². The molecule has 0 unspecified atom stereocenters. The highest BCUT2D eigenvalue weighted by Crippen LogP contribution is 2.45. The van der Waals surface area contributed by atoms with Gasteiger partial charge in [0.1, 0.15) is 17.6 Å². The fraction of sp³-hybridized carbons (Fsp3) is 0.208. The van der Waals surface area contributed by atoms with Gasteiger partial charge in [0.25, 0.3) is 0 Å². The van der Waals surface area contributed by atoms with Crippen molar-refractivity contribution in [3.8, 4) is 0 Å². The van der Waals surface area contributed by atoms with Gasteiger partial charge in [-0.05, 0) is 54.8 Å². The van der Waals surface area contributed by atoms with Crippen molar-refractivity contribution in [2.24, 2.45) is 0 Å². The molecule has 2 aliphatic rings. The predicted molar refractivity (Wildman–Crippen MR) is 110 cm³/mol. The first kappa shape index (κ1) is 17.7. The Hall–Kier alpha value is -3.34. The van der Waals surface area contributed by atoms with E-state index in [9.17, 15) is 9.18 Å². The van der Waals surface area contributed by atoms with Crippen LogP contribution in [0.15, 0.2) is 82.6 Å². The number of ketones is 1. The molecular weight excluding hydrogens is 367 g/mol. The summed E-state index contributed by atoms with van der Waals surface area (Å²) in [5.74, 6) is 0.576. The normalized spacial score (nSPS) is 18.7. The highest BCUT2D eigenvalue weighted by molar-refractivity contribution is 6.00. The van der Waals surface area contributed by atoms with Crippen LogP contribution in [0.3, 0.4) is 0 Å². The van der Waals surface area contributed by atoms with Gasteiger partial charge in [0.05, 0.1) is 17.6 Å². The van der Waals surface area contributed by atoms with Crippen LogP contribution in [0.4, 0.5) is 15.8 Å². The molecule has 0 bridgehead atoms. The van der Waals surface area contributed by atoms with E-state index in [2.05, 4.69) is 10.2 Å². The molecule has 0 fully saturated rings. The van der Waals surface area contributed by atoms with Gasteiger partial charge >= 0.3 is 0 Å². The Balaban J connectivity index is 1.71. The summed E-state index contributed by atoms with van der Waals surface area (Å²) in [4.78, 5) is 15.2. The SMILES string of the molecule is O=C1CCCC2=C1[C@H](c1ccco1)N(Cc1cccc(F)c1)c1ccccc1N2. The maximum absolute atomic E-state index is 13.9. The lowest BCUT2D eigenvalue weighted by molar-refractivity contribution is -0.116. The number of Topliss-reactive ketones (excluding diaryl/α,β-unsaturated/α-hetero) is 1. The number of carbonyl (C=O) groups excluding carboxylic acids is 1. The van der Waals surface area contributed by atoms with Crippen molar-refractivity contribution in [1.29, 1.82) is 0 Å². The van der Waals surface area contributed by atoms with Crippen molar-refractivity contribution in [1.82, 2.24) is 0 Å². The van der Waals surface area contributed by atoms with Gasteiger partial charge < -0.3 is 14.6 Å². The number of hydrogen-bond acceptors (Lipinski definition) is 4. The van der Waals surface area contributed by atoms with E-state index in [0.29, 0.717) is 18.7 Å². The second-order valence-corrected chi connectivity index (χ2v) is 7.49. The third-order valence-corrected chi connectivity index (χ3v) is 5.59. The molecule has 0 radical (unpaired) electrons. The molecule has 0 saturated carbocycles. The van der Waals surface area contributed by atoms with Crippen molar-refractivity contribution in [2.45, 2.75) is 31.8 Å². The fourth-order valence-electron chi connectivity index (χ4n) is 4.35. The Morgan fingerprint density at radius 3 is 2.79 bits per heavy atom. The molecule has 1 aliphatic carbocycles. The van der Waals surface area contributed by atoms with Crippen LogP contribution in [0.1, 0.15) is 36.6 Å². The first-order valence-electron chi connectivity index (χ1n) is 9.87. The summed E-state index contributed by atoms with van der Waals surface area (Å²) in [6.07, 6.45) is 3.82. The molecule has 0 saturated heterocycles. The number of nitrogens with zero attached hydrogens (tertiary/aromatic N) is 1. The van der Waals surface area contributed by atoms with E-state index in [1.807, 2.05) is 42.5 Å². The van der Waals surface area contributed by atoms with Gasteiger partial charge in [-0.3, -0.25) is 4.79 Å². The average molecular weight is 388 g/mol. The Labute approximate surface area is 168 Å². The molecule has 1 N–H and O–H groups in total. The fourth-order valence-corrected chi connectivity index (χ4v) is 4.35. The van der Waals surface area contributed by atoms with Crippen molar-refractivity contribution in [3.05, 3.63) is 95.3 Å². The lowest BCUT2D eigenvalue weighted by Crippen LogP contribution is -2.32. The van der Waals surface area contributed by atoms with Crippen LogP contribution in [0.25, 0.3) is 0 Å². The van der Waals surface area contributed by atoms with Crippen LogP contribution in [0, 0.1) is 5.82 Å². The zero-order valence-corrected chi connectivity index (χ0v) is 15.9. The first-order chi connectivity index (χ1) is 14.2. The number of fused-ring (bicyclic) bond motifs is 1. The molecule has 5 rings (SSSR count). The monoisotopic (exact) mass is 388 g/mol.